The number of hydrogen-bond donors (Lipinski definition) is 0. The van der Waals surface area contributed by atoms with Crippen LogP contribution >= 0.6 is 0 Å². The Morgan fingerprint density at radius 2 is 1.54 bits per heavy atom. The summed E-state index contributed by atoms with van der Waals surface area (Å²) in [6.07, 6.45) is 0. The van der Waals surface area contributed by atoms with Gasteiger partial charge in [0, 0.05) is 37.3 Å². The molecule has 0 bridgehead atoms. The molecule has 2 heterocycles. The second-order valence-corrected chi connectivity index (χ2v) is 8.41. The molecule has 6 heteroatoms. The van der Waals surface area contributed by atoms with Gasteiger partial charge in [0.1, 0.15) is 5.82 Å². The van der Waals surface area contributed by atoms with E-state index in [4.69, 9.17) is 0 Å². The second kappa shape index (κ2) is 6.70. The summed E-state index contributed by atoms with van der Waals surface area (Å²) in [6.45, 7) is 4.16. The summed E-state index contributed by atoms with van der Waals surface area (Å²) in [7, 11) is -3.52. The van der Waals surface area contributed by atoms with E-state index in [1.807, 2.05) is 61.5 Å². The number of benzene rings is 2. The van der Waals surface area contributed by atoms with Gasteiger partial charge in [0.15, 0.2) is 0 Å². The van der Waals surface area contributed by atoms with E-state index >= 15 is 0 Å². The van der Waals surface area contributed by atoms with E-state index in [2.05, 4.69) is 9.88 Å². The van der Waals surface area contributed by atoms with Gasteiger partial charge in [0.05, 0.1) is 4.90 Å². The molecule has 2 aromatic carbocycles. The molecule has 4 rings (SSSR count). The first kappa shape index (κ1) is 17.0. The highest BCUT2D eigenvalue weighted by molar-refractivity contribution is 7.89. The third kappa shape index (κ3) is 3.06. The lowest BCUT2D eigenvalue weighted by molar-refractivity contribution is 0.384. The molecule has 5 nitrogen and oxygen atoms in total. The zero-order valence-corrected chi connectivity index (χ0v) is 15.5. The quantitative estimate of drug-likeness (QED) is 0.714. The number of fused-ring (bicyclic) bond motifs is 1. The number of rotatable bonds is 3. The maximum Gasteiger partial charge on any atom is 0.243 e. The van der Waals surface area contributed by atoms with Crippen molar-refractivity contribution < 1.29 is 8.42 Å². The zero-order chi connectivity index (χ0) is 18.1. The maximum atomic E-state index is 13.2. The molecule has 0 unspecified atom stereocenters. The van der Waals surface area contributed by atoms with Gasteiger partial charge in [0.2, 0.25) is 10.0 Å². The van der Waals surface area contributed by atoms with Gasteiger partial charge in [-0.15, -0.1) is 0 Å². The maximum absolute atomic E-state index is 13.2. The summed E-state index contributed by atoms with van der Waals surface area (Å²) in [5.41, 5.74) is 0.966. The van der Waals surface area contributed by atoms with Gasteiger partial charge in [-0.05, 0) is 30.5 Å². The number of piperazine rings is 1. The molecular formula is C20H21N3O2S. The van der Waals surface area contributed by atoms with Crippen LogP contribution < -0.4 is 4.90 Å². The van der Waals surface area contributed by atoms with E-state index < -0.39 is 10.0 Å². The Hall–Kier alpha value is -2.44. The molecule has 134 valence electrons. The van der Waals surface area contributed by atoms with Crippen LogP contribution in [0.1, 0.15) is 5.69 Å². The summed E-state index contributed by atoms with van der Waals surface area (Å²) in [5.74, 6) is 0.909. The van der Waals surface area contributed by atoms with Crippen molar-refractivity contribution in [2.24, 2.45) is 0 Å². The molecule has 0 spiro atoms. The molecule has 1 fully saturated rings. The van der Waals surface area contributed by atoms with E-state index in [1.54, 1.807) is 10.4 Å². The van der Waals surface area contributed by atoms with Crippen LogP contribution in [-0.2, 0) is 10.0 Å². The molecule has 1 aromatic heterocycles. The minimum Gasteiger partial charge on any atom is -0.354 e. The molecule has 0 N–H and O–H groups in total. The largest absolute Gasteiger partial charge is 0.354 e. The van der Waals surface area contributed by atoms with Crippen LogP contribution in [0, 0.1) is 6.92 Å². The van der Waals surface area contributed by atoms with E-state index in [0.717, 1.165) is 22.3 Å². The predicted molar refractivity (Wildman–Crippen MR) is 104 cm³/mol. The SMILES string of the molecule is Cc1cccc(N2CCN(S(=O)(=O)c3cccc4ccccc34)CC2)n1. The highest BCUT2D eigenvalue weighted by Gasteiger charge is 2.30. The lowest BCUT2D eigenvalue weighted by atomic mass is 10.1. The monoisotopic (exact) mass is 367 g/mol. The van der Waals surface area contributed by atoms with E-state index in [9.17, 15) is 8.42 Å². The van der Waals surface area contributed by atoms with E-state index in [1.165, 1.54) is 0 Å². The van der Waals surface area contributed by atoms with Gasteiger partial charge in [0.25, 0.3) is 0 Å². The minimum absolute atomic E-state index is 0.387. The Balaban J connectivity index is 1.58. The molecular weight excluding hydrogens is 346 g/mol. The number of hydrogen-bond acceptors (Lipinski definition) is 4. The molecule has 1 aliphatic heterocycles. The first-order valence-corrected chi connectivity index (χ1v) is 10.2. The van der Waals surface area contributed by atoms with Crippen molar-refractivity contribution in [2.75, 3.05) is 31.1 Å². The fourth-order valence-electron chi connectivity index (χ4n) is 3.42. The molecule has 0 atom stereocenters. The van der Waals surface area contributed by atoms with Crippen molar-refractivity contribution in [3.8, 4) is 0 Å². The van der Waals surface area contributed by atoms with Crippen molar-refractivity contribution in [1.29, 1.82) is 0 Å². The summed E-state index contributed by atoms with van der Waals surface area (Å²) in [5, 5.41) is 1.72. The zero-order valence-electron chi connectivity index (χ0n) is 14.7. The minimum atomic E-state index is -3.52. The van der Waals surface area contributed by atoms with Crippen LogP contribution in [0.25, 0.3) is 10.8 Å². The van der Waals surface area contributed by atoms with E-state index in [0.29, 0.717) is 31.1 Å². The lowest BCUT2D eigenvalue weighted by Gasteiger charge is -2.35. The standard InChI is InChI=1S/C20H21N3O2S/c1-16-6-4-11-20(21-16)22-12-14-23(15-13-22)26(24,25)19-10-5-8-17-7-2-3-9-18(17)19/h2-11H,12-15H2,1H3. The van der Waals surface area contributed by atoms with E-state index in [-0.39, 0.29) is 0 Å². The molecule has 3 aromatic rings. The average Bonchev–Trinajstić information content (AvgIpc) is 2.67. The molecule has 0 aliphatic carbocycles. The number of aryl methyl sites for hydroxylation is 1. The second-order valence-electron chi connectivity index (χ2n) is 6.51. The predicted octanol–water partition coefficient (Wildman–Crippen LogP) is 3.05. The summed E-state index contributed by atoms with van der Waals surface area (Å²) in [6, 6.07) is 19.0. The Morgan fingerprint density at radius 3 is 2.31 bits per heavy atom. The normalized spacial score (nSPS) is 16.1. The van der Waals surface area contributed by atoms with Crippen molar-refractivity contribution in [3.05, 3.63) is 66.4 Å². The van der Waals surface area contributed by atoms with Crippen LogP contribution in [0.4, 0.5) is 5.82 Å². The Kier molecular flexibility index (Phi) is 4.38. The molecule has 1 aliphatic rings. The van der Waals surface area contributed by atoms with Gasteiger partial charge >= 0.3 is 0 Å². The van der Waals surface area contributed by atoms with Crippen LogP contribution in [-0.4, -0.2) is 43.9 Å². The highest BCUT2D eigenvalue weighted by atomic mass is 32.2. The third-order valence-electron chi connectivity index (χ3n) is 4.80. The Labute approximate surface area is 153 Å². The van der Waals surface area contributed by atoms with Crippen LogP contribution in [0.3, 0.4) is 0 Å². The fourth-order valence-corrected chi connectivity index (χ4v) is 5.06. The number of nitrogens with zero attached hydrogens (tertiary/aromatic N) is 3. The molecule has 26 heavy (non-hydrogen) atoms. The summed E-state index contributed by atoms with van der Waals surface area (Å²) < 4.78 is 28.0. The van der Waals surface area contributed by atoms with Gasteiger partial charge < -0.3 is 4.90 Å². The van der Waals surface area contributed by atoms with Crippen LogP contribution in [0.5, 0.6) is 0 Å². The third-order valence-corrected chi connectivity index (χ3v) is 6.76. The van der Waals surface area contributed by atoms with Crippen molar-refractivity contribution >= 4 is 26.6 Å². The molecule has 0 saturated carbocycles. The fraction of sp³-hybridized carbons (Fsp3) is 0.250. The molecule has 1 saturated heterocycles. The van der Waals surface area contributed by atoms with Gasteiger partial charge in [-0.2, -0.15) is 4.31 Å². The smallest absolute Gasteiger partial charge is 0.243 e. The van der Waals surface area contributed by atoms with Gasteiger partial charge in [-0.1, -0.05) is 42.5 Å². The number of aromatic nitrogens is 1. The Bertz CT molecular complexity index is 1040. The van der Waals surface area contributed by atoms with Crippen molar-refractivity contribution in [3.63, 3.8) is 0 Å². The first-order valence-electron chi connectivity index (χ1n) is 8.72. The van der Waals surface area contributed by atoms with Crippen molar-refractivity contribution in [2.45, 2.75) is 11.8 Å². The summed E-state index contributed by atoms with van der Waals surface area (Å²) >= 11 is 0. The first-order chi connectivity index (χ1) is 12.6. The van der Waals surface area contributed by atoms with Crippen LogP contribution in [0.15, 0.2) is 65.6 Å². The Morgan fingerprint density at radius 1 is 0.846 bits per heavy atom. The summed E-state index contributed by atoms with van der Waals surface area (Å²) in [4.78, 5) is 7.07. The highest BCUT2D eigenvalue weighted by Crippen LogP contribution is 2.27. The number of anilines is 1. The molecule has 0 radical (unpaired) electrons. The number of sulfonamides is 1. The number of pyridine rings is 1. The van der Waals surface area contributed by atoms with Crippen LogP contribution in [0.2, 0.25) is 0 Å². The lowest BCUT2D eigenvalue weighted by Crippen LogP contribution is -2.49. The van der Waals surface area contributed by atoms with Gasteiger partial charge in [-0.3, -0.25) is 0 Å². The van der Waals surface area contributed by atoms with Crippen molar-refractivity contribution in [1.82, 2.24) is 9.29 Å². The molecule has 0 amide bonds. The topological polar surface area (TPSA) is 53.5 Å². The van der Waals surface area contributed by atoms with Gasteiger partial charge in [-0.25, -0.2) is 13.4 Å². The average molecular weight is 367 g/mol.